The van der Waals surface area contributed by atoms with Crippen molar-refractivity contribution in [3.8, 4) is 16.3 Å². The number of carbonyl (C=O) groups excluding carboxylic acids is 2. The molecule has 2 atom stereocenters. The van der Waals surface area contributed by atoms with E-state index in [1.807, 2.05) is 38.1 Å². The summed E-state index contributed by atoms with van der Waals surface area (Å²) in [6, 6.07) is 13.4. The molecule has 8 nitrogen and oxygen atoms in total. The number of carbonyl (C=O) groups is 2. The van der Waals surface area contributed by atoms with Crippen LogP contribution in [0.5, 0.6) is 5.75 Å². The summed E-state index contributed by atoms with van der Waals surface area (Å²) < 4.78 is 6.08. The Morgan fingerprint density at radius 1 is 1.06 bits per heavy atom. The molecule has 0 fully saturated rings. The van der Waals surface area contributed by atoms with Crippen molar-refractivity contribution in [3.05, 3.63) is 53.0 Å². The molecular weight excluding hydrogens is 494 g/mol. The van der Waals surface area contributed by atoms with Gasteiger partial charge in [0.25, 0.3) is 0 Å². The van der Waals surface area contributed by atoms with Crippen molar-refractivity contribution in [1.29, 1.82) is 0 Å². The Bertz CT molecular complexity index is 1060. The number of aromatic nitrogens is 2. The summed E-state index contributed by atoms with van der Waals surface area (Å²) in [4.78, 5) is 25.4. The molecule has 0 spiro atoms. The van der Waals surface area contributed by atoms with Crippen LogP contribution >= 0.6 is 27.3 Å². The molecule has 0 saturated heterocycles. The van der Waals surface area contributed by atoms with Gasteiger partial charge in [-0.1, -0.05) is 59.7 Å². The van der Waals surface area contributed by atoms with Crippen molar-refractivity contribution in [2.75, 3.05) is 17.7 Å². The fourth-order valence-electron chi connectivity index (χ4n) is 2.85. The summed E-state index contributed by atoms with van der Waals surface area (Å²) in [6.07, 6.45) is 0.709. The summed E-state index contributed by atoms with van der Waals surface area (Å²) in [6.45, 7) is 3.87. The van der Waals surface area contributed by atoms with E-state index in [2.05, 4.69) is 42.1 Å². The summed E-state index contributed by atoms with van der Waals surface area (Å²) in [5.74, 6) is 0.255. The van der Waals surface area contributed by atoms with Gasteiger partial charge in [0.15, 0.2) is 0 Å². The minimum Gasteiger partial charge on any atom is -0.497 e. The molecule has 32 heavy (non-hydrogen) atoms. The second-order valence-corrected chi connectivity index (χ2v) is 8.99. The first-order valence-corrected chi connectivity index (χ1v) is 11.6. The number of nitrogens with zero attached hydrogens (tertiary/aromatic N) is 2. The van der Waals surface area contributed by atoms with Crippen molar-refractivity contribution >= 4 is 50.0 Å². The number of hydrogen-bond donors (Lipinski definition) is 3. The van der Waals surface area contributed by atoms with Crippen LogP contribution in [-0.2, 0) is 4.79 Å². The Labute approximate surface area is 198 Å². The van der Waals surface area contributed by atoms with Crippen molar-refractivity contribution < 1.29 is 14.3 Å². The number of hydrogen-bond acceptors (Lipinski definition) is 6. The van der Waals surface area contributed by atoms with E-state index in [1.165, 1.54) is 11.3 Å². The zero-order valence-corrected chi connectivity index (χ0v) is 20.3. The lowest BCUT2D eigenvalue weighted by Crippen LogP contribution is -2.49. The van der Waals surface area contributed by atoms with Gasteiger partial charge in [-0.2, -0.15) is 0 Å². The predicted octanol–water partition coefficient (Wildman–Crippen LogP) is 5.15. The average Bonchev–Trinajstić information content (AvgIpc) is 3.26. The van der Waals surface area contributed by atoms with Crippen LogP contribution in [0.1, 0.15) is 20.3 Å². The fraction of sp³-hybridized carbons (Fsp3) is 0.273. The zero-order valence-electron chi connectivity index (χ0n) is 17.9. The van der Waals surface area contributed by atoms with Gasteiger partial charge in [-0.05, 0) is 42.3 Å². The van der Waals surface area contributed by atoms with E-state index in [1.54, 1.807) is 31.4 Å². The second-order valence-electron chi connectivity index (χ2n) is 7.10. The van der Waals surface area contributed by atoms with Gasteiger partial charge in [0.05, 0.1) is 7.11 Å². The molecule has 0 aliphatic carbocycles. The Balaban J connectivity index is 1.65. The maximum atomic E-state index is 12.9. The first-order valence-electron chi connectivity index (χ1n) is 10.0. The van der Waals surface area contributed by atoms with Crippen molar-refractivity contribution in [2.24, 2.45) is 5.92 Å². The lowest BCUT2D eigenvalue weighted by molar-refractivity contribution is -0.119. The number of benzene rings is 2. The van der Waals surface area contributed by atoms with Crippen LogP contribution in [-0.4, -0.2) is 35.3 Å². The Morgan fingerprint density at radius 2 is 1.75 bits per heavy atom. The summed E-state index contributed by atoms with van der Waals surface area (Å²) in [5.41, 5.74) is 1.50. The van der Waals surface area contributed by atoms with Gasteiger partial charge in [-0.3, -0.25) is 10.1 Å². The number of nitrogens with one attached hydrogen (secondary N) is 3. The van der Waals surface area contributed by atoms with E-state index < -0.39 is 12.1 Å². The van der Waals surface area contributed by atoms with Crippen LogP contribution in [0.4, 0.5) is 15.6 Å². The molecular formula is C22H24BrN5O3S. The molecule has 2 aromatic carbocycles. The Kier molecular flexibility index (Phi) is 8.18. The molecule has 1 aromatic heterocycles. The van der Waals surface area contributed by atoms with Gasteiger partial charge >= 0.3 is 6.03 Å². The average molecular weight is 518 g/mol. The number of ether oxygens (including phenoxy) is 1. The van der Waals surface area contributed by atoms with Gasteiger partial charge in [-0.15, -0.1) is 10.2 Å². The van der Waals surface area contributed by atoms with Gasteiger partial charge in [0.2, 0.25) is 11.0 Å². The van der Waals surface area contributed by atoms with E-state index in [0.29, 0.717) is 28.0 Å². The topological polar surface area (TPSA) is 105 Å². The molecule has 0 aliphatic heterocycles. The fourth-order valence-corrected chi connectivity index (χ4v) is 3.87. The van der Waals surface area contributed by atoms with E-state index in [4.69, 9.17) is 4.74 Å². The van der Waals surface area contributed by atoms with Crippen LogP contribution < -0.4 is 20.7 Å². The van der Waals surface area contributed by atoms with E-state index in [9.17, 15) is 9.59 Å². The SMILES string of the molecule is CCC(C)C(NC(=O)Nc1ccc(OC)cc1)C(=O)Nc1nnc(-c2ccc(Br)cc2)s1. The smallest absolute Gasteiger partial charge is 0.319 e. The monoisotopic (exact) mass is 517 g/mol. The highest BCUT2D eigenvalue weighted by atomic mass is 79.9. The van der Waals surface area contributed by atoms with Crippen LogP contribution in [0.3, 0.4) is 0 Å². The van der Waals surface area contributed by atoms with Crippen LogP contribution in [0.15, 0.2) is 53.0 Å². The number of amides is 3. The van der Waals surface area contributed by atoms with Crippen molar-refractivity contribution in [3.63, 3.8) is 0 Å². The lowest BCUT2D eigenvalue weighted by atomic mass is 9.98. The maximum absolute atomic E-state index is 12.9. The Morgan fingerprint density at radius 3 is 2.38 bits per heavy atom. The van der Waals surface area contributed by atoms with Crippen LogP contribution in [0.25, 0.3) is 10.6 Å². The number of rotatable bonds is 8. The molecule has 0 aliphatic rings. The molecule has 3 rings (SSSR count). The van der Waals surface area contributed by atoms with Gasteiger partial charge < -0.3 is 15.4 Å². The van der Waals surface area contributed by atoms with Gasteiger partial charge in [-0.25, -0.2) is 4.79 Å². The highest BCUT2D eigenvalue weighted by molar-refractivity contribution is 9.10. The quantitative estimate of drug-likeness (QED) is 0.383. The summed E-state index contributed by atoms with van der Waals surface area (Å²) in [5, 5.41) is 17.6. The highest BCUT2D eigenvalue weighted by Gasteiger charge is 2.27. The number of anilines is 2. The molecule has 168 valence electrons. The third-order valence-corrected chi connectivity index (χ3v) is 6.29. The second kappa shape index (κ2) is 11.1. The largest absolute Gasteiger partial charge is 0.497 e. The third-order valence-electron chi connectivity index (χ3n) is 4.88. The number of methoxy groups -OCH3 is 1. The molecule has 3 amide bonds. The van der Waals surface area contributed by atoms with E-state index >= 15 is 0 Å². The van der Waals surface area contributed by atoms with Gasteiger partial charge in [0, 0.05) is 15.7 Å². The predicted molar refractivity (Wildman–Crippen MR) is 130 cm³/mol. The minimum atomic E-state index is -0.738. The molecule has 0 radical (unpaired) electrons. The molecule has 3 N–H and O–H groups in total. The lowest BCUT2D eigenvalue weighted by Gasteiger charge is -2.23. The number of halogens is 1. The third kappa shape index (κ3) is 6.27. The van der Waals surface area contributed by atoms with E-state index in [-0.39, 0.29) is 11.8 Å². The number of urea groups is 1. The highest BCUT2D eigenvalue weighted by Crippen LogP contribution is 2.27. The van der Waals surface area contributed by atoms with Crippen molar-refractivity contribution in [2.45, 2.75) is 26.3 Å². The minimum absolute atomic E-state index is 0.0875. The molecule has 0 saturated carbocycles. The first kappa shape index (κ1) is 23.7. The maximum Gasteiger partial charge on any atom is 0.319 e. The van der Waals surface area contributed by atoms with Crippen molar-refractivity contribution in [1.82, 2.24) is 15.5 Å². The summed E-state index contributed by atoms with van der Waals surface area (Å²) in [7, 11) is 1.57. The first-order chi connectivity index (χ1) is 15.4. The van der Waals surface area contributed by atoms with Crippen LogP contribution in [0, 0.1) is 5.92 Å². The standard InChI is InChI=1S/C22H24BrN5O3S/c1-4-13(2)18(25-21(30)24-16-9-11-17(31-3)12-10-16)19(29)26-22-28-27-20(32-22)14-5-7-15(23)8-6-14/h5-13,18H,4H2,1-3H3,(H2,24,25,30)(H,26,28,29). The van der Waals surface area contributed by atoms with Gasteiger partial charge in [0.1, 0.15) is 16.8 Å². The Hall–Kier alpha value is -2.98. The molecule has 3 aromatic rings. The van der Waals surface area contributed by atoms with Crippen LogP contribution in [0.2, 0.25) is 0 Å². The summed E-state index contributed by atoms with van der Waals surface area (Å²) >= 11 is 4.68. The zero-order chi connectivity index (χ0) is 23.1. The normalized spacial score (nSPS) is 12.5. The van der Waals surface area contributed by atoms with E-state index in [0.717, 1.165) is 10.0 Å². The molecule has 2 unspecified atom stereocenters. The molecule has 10 heteroatoms. The molecule has 1 heterocycles. The molecule has 0 bridgehead atoms.